The van der Waals surface area contributed by atoms with E-state index in [4.69, 9.17) is 11.6 Å². The van der Waals surface area contributed by atoms with E-state index in [0.29, 0.717) is 12.0 Å². The number of rotatable bonds is 1. The summed E-state index contributed by atoms with van der Waals surface area (Å²) in [6.07, 6.45) is 2.42. The molecule has 1 amide bonds. The summed E-state index contributed by atoms with van der Waals surface area (Å²) in [5.41, 5.74) is 2.26. The molecule has 2 aliphatic rings. The molecule has 1 aromatic carbocycles. The number of amides is 1. The number of halogens is 1. The van der Waals surface area contributed by atoms with Gasteiger partial charge in [-0.3, -0.25) is 4.79 Å². The quantitative estimate of drug-likeness (QED) is 0.845. The standard InChI is InChI=1S/C14H17ClN2O/c1-10-11(15)3-2-4-12(10)17-9-14(5-6-14)8-16-7-13(17)18/h2-4,16H,5-9H2,1H3. The van der Waals surface area contributed by atoms with E-state index in [-0.39, 0.29) is 5.91 Å². The number of hydrogen-bond acceptors (Lipinski definition) is 2. The van der Waals surface area contributed by atoms with Gasteiger partial charge in [-0.2, -0.15) is 0 Å². The molecule has 4 heteroatoms. The summed E-state index contributed by atoms with van der Waals surface area (Å²) in [7, 11) is 0. The Balaban J connectivity index is 1.97. The van der Waals surface area contributed by atoms with E-state index < -0.39 is 0 Å². The van der Waals surface area contributed by atoms with Crippen molar-refractivity contribution in [2.75, 3.05) is 24.5 Å². The highest BCUT2D eigenvalue weighted by molar-refractivity contribution is 6.31. The zero-order valence-electron chi connectivity index (χ0n) is 10.5. The molecule has 18 heavy (non-hydrogen) atoms. The van der Waals surface area contributed by atoms with Crippen LogP contribution >= 0.6 is 11.6 Å². The van der Waals surface area contributed by atoms with E-state index in [2.05, 4.69) is 5.32 Å². The minimum Gasteiger partial charge on any atom is -0.310 e. The van der Waals surface area contributed by atoms with Crippen molar-refractivity contribution in [3.63, 3.8) is 0 Å². The van der Waals surface area contributed by atoms with Gasteiger partial charge in [-0.25, -0.2) is 0 Å². The second-order valence-electron chi connectivity index (χ2n) is 5.47. The Morgan fingerprint density at radius 3 is 2.89 bits per heavy atom. The lowest BCUT2D eigenvalue weighted by Gasteiger charge is -2.26. The third kappa shape index (κ3) is 2.02. The summed E-state index contributed by atoms with van der Waals surface area (Å²) < 4.78 is 0. The Morgan fingerprint density at radius 1 is 1.39 bits per heavy atom. The van der Waals surface area contributed by atoms with Crippen molar-refractivity contribution in [2.45, 2.75) is 19.8 Å². The van der Waals surface area contributed by atoms with Crippen LogP contribution in [-0.4, -0.2) is 25.5 Å². The number of nitrogens with one attached hydrogen (secondary N) is 1. The van der Waals surface area contributed by atoms with E-state index in [1.807, 2.05) is 30.0 Å². The van der Waals surface area contributed by atoms with Gasteiger partial charge in [0.2, 0.25) is 5.91 Å². The van der Waals surface area contributed by atoms with Crippen LogP contribution in [0.5, 0.6) is 0 Å². The lowest BCUT2D eigenvalue weighted by Crippen LogP contribution is -2.36. The summed E-state index contributed by atoms with van der Waals surface area (Å²) in [6.45, 7) is 4.17. The number of benzene rings is 1. The van der Waals surface area contributed by atoms with E-state index in [1.54, 1.807) is 0 Å². The van der Waals surface area contributed by atoms with Gasteiger partial charge in [-0.15, -0.1) is 0 Å². The number of nitrogens with zero attached hydrogens (tertiary/aromatic N) is 1. The zero-order chi connectivity index (χ0) is 12.8. The highest BCUT2D eigenvalue weighted by Crippen LogP contribution is 2.47. The van der Waals surface area contributed by atoms with Crippen molar-refractivity contribution in [1.29, 1.82) is 0 Å². The second-order valence-corrected chi connectivity index (χ2v) is 5.87. The lowest BCUT2D eigenvalue weighted by atomic mass is 10.1. The topological polar surface area (TPSA) is 32.3 Å². The maximum absolute atomic E-state index is 12.2. The number of anilines is 1. The molecule has 3 rings (SSSR count). The molecular formula is C14H17ClN2O. The minimum absolute atomic E-state index is 0.143. The Kier molecular flexibility index (Phi) is 2.83. The molecule has 0 atom stereocenters. The van der Waals surface area contributed by atoms with Crippen LogP contribution in [0.2, 0.25) is 5.02 Å². The Bertz CT molecular complexity index is 497. The van der Waals surface area contributed by atoms with Gasteiger partial charge in [0.25, 0.3) is 0 Å². The molecule has 3 nitrogen and oxygen atoms in total. The fourth-order valence-corrected chi connectivity index (χ4v) is 2.80. The first kappa shape index (κ1) is 12.0. The van der Waals surface area contributed by atoms with Crippen LogP contribution < -0.4 is 10.2 Å². The maximum atomic E-state index is 12.2. The van der Waals surface area contributed by atoms with E-state index in [0.717, 1.165) is 29.4 Å². The first-order valence-corrected chi connectivity index (χ1v) is 6.75. The van der Waals surface area contributed by atoms with Crippen LogP contribution in [-0.2, 0) is 4.79 Å². The van der Waals surface area contributed by atoms with Crippen LogP contribution in [0.1, 0.15) is 18.4 Å². The van der Waals surface area contributed by atoms with Crippen molar-refractivity contribution in [1.82, 2.24) is 5.32 Å². The number of hydrogen-bond donors (Lipinski definition) is 1. The van der Waals surface area contributed by atoms with Gasteiger partial charge in [0.05, 0.1) is 6.54 Å². The second kappa shape index (κ2) is 4.25. The molecule has 1 aliphatic carbocycles. The third-order valence-corrected chi connectivity index (χ3v) is 4.47. The highest BCUT2D eigenvalue weighted by atomic mass is 35.5. The van der Waals surface area contributed by atoms with E-state index in [1.165, 1.54) is 12.8 Å². The maximum Gasteiger partial charge on any atom is 0.240 e. The van der Waals surface area contributed by atoms with Crippen molar-refractivity contribution < 1.29 is 4.79 Å². The number of carbonyl (C=O) groups excluding carboxylic acids is 1. The lowest BCUT2D eigenvalue weighted by molar-refractivity contribution is -0.117. The van der Waals surface area contributed by atoms with Crippen molar-refractivity contribution >= 4 is 23.2 Å². The van der Waals surface area contributed by atoms with E-state index >= 15 is 0 Å². The van der Waals surface area contributed by atoms with Gasteiger partial charge in [-0.1, -0.05) is 17.7 Å². The van der Waals surface area contributed by atoms with Crippen molar-refractivity contribution in [2.24, 2.45) is 5.41 Å². The predicted molar refractivity (Wildman–Crippen MR) is 73.1 cm³/mol. The number of carbonyl (C=O) groups is 1. The van der Waals surface area contributed by atoms with Crippen molar-refractivity contribution in [3.05, 3.63) is 28.8 Å². The fourth-order valence-electron chi connectivity index (χ4n) is 2.63. The van der Waals surface area contributed by atoms with Gasteiger partial charge in [0.15, 0.2) is 0 Å². The van der Waals surface area contributed by atoms with Gasteiger partial charge < -0.3 is 10.2 Å². The molecule has 96 valence electrons. The highest BCUT2D eigenvalue weighted by Gasteiger charge is 2.46. The molecule has 0 bridgehead atoms. The molecule has 1 aliphatic heterocycles. The molecule has 1 N–H and O–H groups in total. The molecule has 0 radical (unpaired) electrons. The first-order valence-electron chi connectivity index (χ1n) is 6.38. The average Bonchev–Trinajstić information content (AvgIpc) is 3.12. The average molecular weight is 265 g/mol. The molecule has 1 spiro atoms. The van der Waals surface area contributed by atoms with Crippen LogP contribution in [0.25, 0.3) is 0 Å². The Morgan fingerprint density at radius 2 is 2.17 bits per heavy atom. The molecule has 1 aromatic rings. The first-order chi connectivity index (χ1) is 8.61. The molecule has 1 heterocycles. The van der Waals surface area contributed by atoms with Gasteiger partial charge in [0, 0.05) is 29.2 Å². The largest absolute Gasteiger partial charge is 0.310 e. The molecule has 0 aromatic heterocycles. The molecule has 2 fully saturated rings. The molecule has 0 unspecified atom stereocenters. The summed E-state index contributed by atoms with van der Waals surface area (Å²) >= 11 is 6.15. The summed E-state index contributed by atoms with van der Waals surface area (Å²) in [5.74, 6) is 0.143. The SMILES string of the molecule is Cc1c(Cl)cccc1N1CC2(CC2)CNCC1=O. The Hall–Kier alpha value is -1.06. The van der Waals surface area contributed by atoms with Gasteiger partial charge in [-0.05, 0) is 37.5 Å². The van der Waals surface area contributed by atoms with Gasteiger partial charge >= 0.3 is 0 Å². The van der Waals surface area contributed by atoms with Crippen LogP contribution in [0.3, 0.4) is 0 Å². The van der Waals surface area contributed by atoms with Crippen LogP contribution in [0.4, 0.5) is 5.69 Å². The minimum atomic E-state index is 0.143. The third-order valence-electron chi connectivity index (χ3n) is 4.06. The predicted octanol–water partition coefficient (Wildman–Crippen LogP) is 2.36. The van der Waals surface area contributed by atoms with Crippen molar-refractivity contribution in [3.8, 4) is 0 Å². The monoisotopic (exact) mass is 264 g/mol. The fraction of sp³-hybridized carbons (Fsp3) is 0.500. The summed E-state index contributed by atoms with van der Waals surface area (Å²) in [5, 5.41) is 3.98. The molecule has 1 saturated carbocycles. The van der Waals surface area contributed by atoms with Crippen LogP contribution in [0, 0.1) is 12.3 Å². The molecule has 1 saturated heterocycles. The van der Waals surface area contributed by atoms with E-state index in [9.17, 15) is 4.79 Å². The Labute approximate surface area is 112 Å². The normalized spacial score (nSPS) is 22.1. The summed E-state index contributed by atoms with van der Waals surface area (Å²) in [6, 6.07) is 5.77. The smallest absolute Gasteiger partial charge is 0.240 e. The van der Waals surface area contributed by atoms with Gasteiger partial charge in [0.1, 0.15) is 0 Å². The van der Waals surface area contributed by atoms with Crippen LogP contribution in [0.15, 0.2) is 18.2 Å². The summed E-state index contributed by atoms with van der Waals surface area (Å²) in [4.78, 5) is 14.1. The zero-order valence-corrected chi connectivity index (χ0v) is 11.3. The molecular weight excluding hydrogens is 248 g/mol.